The van der Waals surface area contributed by atoms with Crippen LogP contribution in [0.15, 0.2) is 41.6 Å². The van der Waals surface area contributed by atoms with Crippen LogP contribution >= 0.6 is 11.8 Å². The normalized spacial score (nSPS) is 11.8. The Morgan fingerprint density at radius 2 is 1.90 bits per heavy atom. The number of hydrogen-bond acceptors (Lipinski definition) is 3. The van der Waals surface area contributed by atoms with Gasteiger partial charge >= 0.3 is 0 Å². The van der Waals surface area contributed by atoms with Gasteiger partial charge in [0.1, 0.15) is 5.82 Å². The molecular weight excluding hydrogens is 278 g/mol. The molecule has 114 valence electrons. The predicted octanol–water partition coefficient (Wildman–Crippen LogP) is 4.08. The van der Waals surface area contributed by atoms with Crippen LogP contribution in [-0.4, -0.2) is 15.1 Å². The number of nitrogens with zero attached hydrogens (tertiary/aromatic N) is 2. The average Bonchev–Trinajstić information content (AvgIpc) is 2.90. The zero-order valence-corrected chi connectivity index (χ0v) is 14.2. The number of nitrogens with one attached hydrogen (secondary N) is 1. The monoisotopic (exact) mass is 303 g/mol. The van der Waals surface area contributed by atoms with Gasteiger partial charge in [0.2, 0.25) is 0 Å². The van der Waals surface area contributed by atoms with Gasteiger partial charge < -0.3 is 9.88 Å². The molecule has 2 rings (SSSR count). The van der Waals surface area contributed by atoms with Crippen LogP contribution in [0.2, 0.25) is 0 Å². The molecule has 21 heavy (non-hydrogen) atoms. The van der Waals surface area contributed by atoms with E-state index in [2.05, 4.69) is 66.8 Å². The van der Waals surface area contributed by atoms with E-state index >= 15 is 0 Å². The molecule has 4 heteroatoms. The van der Waals surface area contributed by atoms with E-state index < -0.39 is 0 Å². The van der Waals surface area contributed by atoms with Crippen molar-refractivity contribution in [2.45, 2.75) is 57.0 Å². The molecule has 0 atom stereocenters. The Kier molecular flexibility index (Phi) is 5.48. The summed E-state index contributed by atoms with van der Waals surface area (Å²) in [6, 6.07) is 8.80. The molecule has 3 nitrogen and oxygen atoms in total. The average molecular weight is 303 g/mol. The molecular formula is C17H25N3S. The van der Waals surface area contributed by atoms with Crippen molar-refractivity contribution < 1.29 is 0 Å². The van der Waals surface area contributed by atoms with Crippen LogP contribution in [0.1, 0.15) is 39.1 Å². The maximum atomic E-state index is 4.41. The molecule has 0 saturated heterocycles. The van der Waals surface area contributed by atoms with Gasteiger partial charge in [-0.3, -0.25) is 0 Å². The first kappa shape index (κ1) is 16.1. The molecule has 1 aromatic carbocycles. The minimum atomic E-state index is 0.157. The second kappa shape index (κ2) is 7.14. The lowest BCUT2D eigenvalue weighted by Gasteiger charge is -2.20. The van der Waals surface area contributed by atoms with Crippen LogP contribution in [-0.2, 0) is 18.8 Å². The molecule has 1 aromatic heterocycles. The first-order valence-electron chi connectivity index (χ1n) is 7.45. The van der Waals surface area contributed by atoms with Gasteiger partial charge in [0, 0.05) is 35.9 Å². The highest BCUT2D eigenvalue weighted by Gasteiger charge is 2.08. The van der Waals surface area contributed by atoms with E-state index in [0.717, 1.165) is 24.7 Å². The van der Waals surface area contributed by atoms with Crippen LogP contribution in [0.4, 0.5) is 0 Å². The fourth-order valence-electron chi connectivity index (χ4n) is 1.99. The fourth-order valence-corrected chi connectivity index (χ4v) is 2.85. The van der Waals surface area contributed by atoms with Crippen molar-refractivity contribution in [3.8, 4) is 0 Å². The third-order valence-electron chi connectivity index (χ3n) is 3.26. The Balaban J connectivity index is 1.88. The van der Waals surface area contributed by atoms with E-state index in [4.69, 9.17) is 0 Å². The van der Waals surface area contributed by atoms with Crippen LogP contribution in [0.5, 0.6) is 0 Å². The summed E-state index contributed by atoms with van der Waals surface area (Å²) in [6.07, 6.45) is 3.91. The first-order chi connectivity index (χ1) is 9.98. The number of benzene rings is 1. The molecule has 0 aliphatic rings. The zero-order chi connectivity index (χ0) is 15.3. The van der Waals surface area contributed by atoms with Crippen molar-refractivity contribution in [3.63, 3.8) is 0 Å². The highest BCUT2D eigenvalue weighted by atomic mass is 32.2. The Bertz CT molecular complexity index is 552. The van der Waals surface area contributed by atoms with Gasteiger partial charge in [0.15, 0.2) is 0 Å². The minimum Gasteiger partial charge on any atom is -0.335 e. The molecule has 2 aromatic rings. The fraction of sp³-hybridized carbons (Fsp3) is 0.471. The number of thioether (sulfide) groups is 1. The summed E-state index contributed by atoms with van der Waals surface area (Å²) in [5.74, 6) is 2.06. The van der Waals surface area contributed by atoms with Gasteiger partial charge in [-0.25, -0.2) is 4.98 Å². The van der Waals surface area contributed by atoms with E-state index in [1.807, 2.05) is 24.2 Å². The van der Waals surface area contributed by atoms with E-state index in [-0.39, 0.29) is 5.54 Å². The van der Waals surface area contributed by atoms with E-state index in [1.54, 1.807) is 0 Å². The second-order valence-electron chi connectivity index (χ2n) is 6.17. The molecule has 0 radical (unpaired) electrons. The summed E-state index contributed by atoms with van der Waals surface area (Å²) in [5, 5.41) is 3.51. The van der Waals surface area contributed by atoms with E-state index in [0.29, 0.717) is 0 Å². The molecule has 0 saturated carbocycles. The molecule has 0 amide bonds. The van der Waals surface area contributed by atoms with Gasteiger partial charge in [-0.2, -0.15) is 0 Å². The van der Waals surface area contributed by atoms with Gasteiger partial charge in [-0.1, -0.05) is 12.1 Å². The van der Waals surface area contributed by atoms with Crippen molar-refractivity contribution in [1.82, 2.24) is 14.9 Å². The first-order valence-corrected chi connectivity index (χ1v) is 8.43. The third-order valence-corrected chi connectivity index (χ3v) is 4.26. The summed E-state index contributed by atoms with van der Waals surface area (Å²) in [6.45, 7) is 10.6. The van der Waals surface area contributed by atoms with Crippen molar-refractivity contribution in [2.24, 2.45) is 0 Å². The Labute approximate surface area is 132 Å². The summed E-state index contributed by atoms with van der Waals surface area (Å²) in [7, 11) is 0. The lowest BCUT2D eigenvalue weighted by atomic mass is 10.1. The standard InChI is InChI=1S/C17H25N3S/c1-5-20-11-10-18-16(20)13-21-15-8-6-14(7-9-15)12-19-17(2,3)4/h6-11,19H,5,12-13H2,1-4H3. The van der Waals surface area contributed by atoms with Gasteiger partial charge in [-0.15, -0.1) is 11.8 Å². The highest BCUT2D eigenvalue weighted by Crippen LogP contribution is 2.22. The van der Waals surface area contributed by atoms with Crippen molar-refractivity contribution in [1.29, 1.82) is 0 Å². The highest BCUT2D eigenvalue weighted by molar-refractivity contribution is 7.98. The minimum absolute atomic E-state index is 0.157. The maximum absolute atomic E-state index is 4.41. The smallest absolute Gasteiger partial charge is 0.119 e. The summed E-state index contributed by atoms with van der Waals surface area (Å²) < 4.78 is 2.19. The lowest BCUT2D eigenvalue weighted by molar-refractivity contribution is 0.424. The topological polar surface area (TPSA) is 29.9 Å². The number of aryl methyl sites for hydroxylation is 1. The third kappa shape index (κ3) is 5.21. The molecule has 1 N–H and O–H groups in total. The summed E-state index contributed by atoms with van der Waals surface area (Å²) in [4.78, 5) is 5.70. The Hall–Kier alpha value is -1.26. The Morgan fingerprint density at radius 3 is 2.52 bits per heavy atom. The maximum Gasteiger partial charge on any atom is 0.119 e. The largest absolute Gasteiger partial charge is 0.335 e. The van der Waals surface area contributed by atoms with Crippen LogP contribution < -0.4 is 5.32 Å². The number of aromatic nitrogens is 2. The van der Waals surface area contributed by atoms with Gasteiger partial charge in [0.05, 0.1) is 5.75 Å². The number of rotatable bonds is 6. The van der Waals surface area contributed by atoms with Gasteiger partial charge in [0.25, 0.3) is 0 Å². The molecule has 0 fully saturated rings. The second-order valence-corrected chi connectivity index (χ2v) is 7.21. The van der Waals surface area contributed by atoms with Gasteiger partial charge in [-0.05, 0) is 45.4 Å². The molecule has 0 aliphatic heterocycles. The number of imidazole rings is 1. The molecule has 0 aliphatic carbocycles. The molecule has 1 heterocycles. The van der Waals surface area contributed by atoms with Crippen LogP contribution in [0, 0.1) is 0 Å². The van der Waals surface area contributed by atoms with Crippen LogP contribution in [0.3, 0.4) is 0 Å². The predicted molar refractivity (Wildman–Crippen MR) is 90.5 cm³/mol. The van der Waals surface area contributed by atoms with Crippen LogP contribution in [0.25, 0.3) is 0 Å². The molecule has 0 bridgehead atoms. The molecule has 0 spiro atoms. The van der Waals surface area contributed by atoms with Crippen molar-refractivity contribution in [3.05, 3.63) is 48.0 Å². The lowest BCUT2D eigenvalue weighted by Crippen LogP contribution is -2.35. The number of hydrogen-bond donors (Lipinski definition) is 1. The van der Waals surface area contributed by atoms with E-state index in [9.17, 15) is 0 Å². The van der Waals surface area contributed by atoms with Crippen molar-refractivity contribution >= 4 is 11.8 Å². The zero-order valence-electron chi connectivity index (χ0n) is 13.4. The van der Waals surface area contributed by atoms with E-state index in [1.165, 1.54) is 10.5 Å². The SMILES string of the molecule is CCn1ccnc1CSc1ccc(CNC(C)(C)C)cc1. The quantitative estimate of drug-likeness (QED) is 0.815. The summed E-state index contributed by atoms with van der Waals surface area (Å²) in [5.41, 5.74) is 1.48. The Morgan fingerprint density at radius 1 is 1.19 bits per heavy atom. The summed E-state index contributed by atoms with van der Waals surface area (Å²) >= 11 is 1.84. The molecule has 0 unspecified atom stereocenters. The van der Waals surface area contributed by atoms with Crippen molar-refractivity contribution in [2.75, 3.05) is 0 Å².